The summed E-state index contributed by atoms with van der Waals surface area (Å²) in [5.41, 5.74) is 0.752. The molecule has 3 rings (SSSR count). The SMILES string of the molecule is Cc1nc(C)c(F)c(NCC2(CO)CC3(CCC3)C2)n1. The van der Waals surface area contributed by atoms with Crippen LogP contribution in [-0.4, -0.2) is 28.2 Å². The van der Waals surface area contributed by atoms with Crippen molar-refractivity contribution < 1.29 is 9.50 Å². The Balaban J connectivity index is 1.67. The van der Waals surface area contributed by atoms with Crippen LogP contribution in [-0.2, 0) is 0 Å². The Kier molecular flexibility index (Phi) is 3.20. The van der Waals surface area contributed by atoms with Crippen LogP contribution in [0.4, 0.5) is 10.2 Å². The van der Waals surface area contributed by atoms with E-state index < -0.39 is 0 Å². The minimum absolute atomic E-state index is 0.0976. The van der Waals surface area contributed by atoms with Gasteiger partial charge in [-0.15, -0.1) is 0 Å². The van der Waals surface area contributed by atoms with E-state index in [2.05, 4.69) is 15.3 Å². The Bertz CT molecular complexity index is 520. The summed E-state index contributed by atoms with van der Waals surface area (Å²) in [4.78, 5) is 8.12. The topological polar surface area (TPSA) is 58.0 Å². The van der Waals surface area contributed by atoms with Crippen molar-refractivity contribution in [1.82, 2.24) is 9.97 Å². The molecule has 2 saturated carbocycles. The van der Waals surface area contributed by atoms with Crippen molar-refractivity contribution in [2.24, 2.45) is 10.8 Å². The van der Waals surface area contributed by atoms with E-state index in [4.69, 9.17) is 0 Å². The molecule has 1 heterocycles. The third kappa shape index (κ3) is 2.18. The second-order valence-electron chi connectivity index (χ2n) is 6.74. The summed E-state index contributed by atoms with van der Waals surface area (Å²) in [5, 5.41) is 12.8. The number of aromatic nitrogens is 2. The lowest BCUT2D eigenvalue weighted by atomic mass is 9.45. The maximum absolute atomic E-state index is 14.0. The lowest BCUT2D eigenvalue weighted by Crippen LogP contribution is -2.55. The Morgan fingerprint density at radius 3 is 2.50 bits per heavy atom. The molecular formula is C15H22FN3O. The van der Waals surface area contributed by atoms with Crippen LogP contribution in [0, 0.1) is 30.5 Å². The Morgan fingerprint density at radius 2 is 1.95 bits per heavy atom. The molecule has 1 spiro atoms. The van der Waals surface area contributed by atoms with Gasteiger partial charge in [0.1, 0.15) is 5.82 Å². The van der Waals surface area contributed by atoms with Crippen molar-refractivity contribution in [2.45, 2.75) is 46.0 Å². The van der Waals surface area contributed by atoms with Gasteiger partial charge in [0.05, 0.1) is 12.3 Å². The van der Waals surface area contributed by atoms with Gasteiger partial charge in [-0.1, -0.05) is 6.42 Å². The molecule has 0 aromatic carbocycles. The molecule has 0 aliphatic heterocycles. The van der Waals surface area contributed by atoms with Crippen LogP contribution in [0.5, 0.6) is 0 Å². The van der Waals surface area contributed by atoms with E-state index in [1.807, 2.05) is 0 Å². The van der Waals surface area contributed by atoms with Crippen molar-refractivity contribution in [3.8, 4) is 0 Å². The lowest BCUT2D eigenvalue weighted by Gasteiger charge is -2.60. The highest BCUT2D eigenvalue weighted by atomic mass is 19.1. The summed E-state index contributed by atoms with van der Waals surface area (Å²) < 4.78 is 14.0. The first-order valence-corrected chi connectivity index (χ1v) is 7.33. The van der Waals surface area contributed by atoms with Crippen LogP contribution in [0.3, 0.4) is 0 Å². The molecule has 2 N–H and O–H groups in total. The molecule has 20 heavy (non-hydrogen) atoms. The van der Waals surface area contributed by atoms with Gasteiger partial charge >= 0.3 is 0 Å². The molecule has 2 fully saturated rings. The van der Waals surface area contributed by atoms with Crippen LogP contribution >= 0.6 is 0 Å². The molecule has 110 valence electrons. The third-order valence-corrected chi connectivity index (χ3v) is 5.01. The third-order valence-electron chi connectivity index (χ3n) is 5.01. The highest BCUT2D eigenvalue weighted by molar-refractivity contribution is 5.38. The Hall–Kier alpha value is -1.23. The average molecular weight is 279 g/mol. The van der Waals surface area contributed by atoms with Crippen molar-refractivity contribution in [1.29, 1.82) is 0 Å². The van der Waals surface area contributed by atoms with Gasteiger partial charge in [-0.2, -0.15) is 0 Å². The molecule has 0 radical (unpaired) electrons. The van der Waals surface area contributed by atoms with Gasteiger partial charge in [-0.05, 0) is 44.9 Å². The second-order valence-corrected chi connectivity index (χ2v) is 6.74. The van der Waals surface area contributed by atoms with Gasteiger partial charge < -0.3 is 10.4 Å². The smallest absolute Gasteiger partial charge is 0.186 e. The number of aliphatic hydroxyl groups is 1. The Morgan fingerprint density at radius 1 is 1.25 bits per heavy atom. The molecule has 0 amide bonds. The number of anilines is 1. The maximum Gasteiger partial charge on any atom is 0.186 e. The van der Waals surface area contributed by atoms with Crippen LogP contribution in [0.2, 0.25) is 0 Å². The number of aliphatic hydroxyl groups excluding tert-OH is 1. The number of hydrogen-bond donors (Lipinski definition) is 2. The maximum atomic E-state index is 14.0. The quantitative estimate of drug-likeness (QED) is 0.889. The summed E-state index contributed by atoms with van der Waals surface area (Å²) in [6, 6.07) is 0. The van der Waals surface area contributed by atoms with E-state index >= 15 is 0 Å². The first-order chi connectivity index (χ1) is 9.48. The van der Waals surface area contributed by atoms with Gasteiger partial charge in [-0.3, -0.25) is 0 Å². The molecule has 0 atom stereocenters. The minimum atomic E-state index is -0.388. The van der Waals surface area contributed by atoms with Crippen molar-refractivity contribution >= 4 is 5.82 Å². The highest BCUT2D eigenvalue weighted by Crippen LogP contribution is 2.64. The number of aryl methyl sites for hydroxylation is 2. The molecule has 1 aromatic rings. The van der Waals surface area contributed by atoms with Crippen LogP contribution in [0.1, 0.15) is 43.6 Å². The van der Waals surface area contributed by atoms with Crippen LogP contribution in [0.15, 0.2) is 0 Å². The molecular weight excluding hydrogens is 257 g/mol. The van der Waals surface area contributed by atoms with Gasteiger partial charge in [0.25, 0.3) is 0 Å². The van der Waals surface area contributed by atoms with Crippen LogP contribution in [0.25, 0.3) is 0 Å². The van der Waals surface area contributed by atoms with E-state index in [1.54, 1.807) is 13.8 Å². The van der Waals surface area contributed by atoms with E-state index in [-0.39, 0.29) is 23.7 Å². The molecule has 2 aliphatic carbocycles. The monoisotopic (exact) mass is 279 g/mol. The van der Waals surface area contributed by atoms with E-state index in [9.17, 15) is 9.50 Å². The van der Waals surface area contributed by atoms with Crippen molar-refractivity contribution in [2.75, 3.05) is 18.5 Å². The zero-order valence-electron chi connectivity index (χ0n) is 12.2. The molecule has 0 unspecified atom stereocenters. The predicted molar refractivity (Wildman–Crippen MR) is 75.0 cm³/mol. The fourth-order valence-corrected chi connectivity index (χ4v) is 3.95. The van der Waals surface area contributed by atoms with Gasteiger partial charge in [-0.25, -0.2) is 14.4 Å². The summed E-state index contributed by atoms with van der Waals surface area (Å²) >= 11 is 0. The van der Waals surface area contributed by atoms with Gasteiger partial charge in [0, 0.05) is 12.0 Å². The second kappa shape index (κ2) is 4.65. The largest absolute Gasteiger partial charge is 0.396 e. The Labute approximate surface area is 118 Å². The predicted octanol–water partition coefficient (Wildman–Crippen LogP) is 2.59. The molecule has 2 aliphatic rings. The summed E-state index contributed by atoms with van der Waals surface area (Å²) in [6.45, 7) is 4.14. The fourth-order valence-electron chi connectivity index (χ4n) is 3.95. The number of hydrogen-bond acceptors (Lipinski definition) is 4. The number of nitrogens with one attached hydrogen (secondary N) is 1. The normalized spacial score (nSPS) is 22.2. The summed E-state index contributed by atoms with van der Waals surface area (Å²) in [6.07, 6.45) is 5.99. The lowest BCUT2D eigenvalue weighted by molar-refractivity contribution is -0.113. The van der Waals surface area contributed by atoms with Crippen molar-refractivity contribution in [3.05, 3.63) is 17.3 Å². The van der Waals surface area contributed by atoms with Gasteiger partial charge in [0.15, 0.2) is 11.6 Å². The molecule has 5 heteroatoms. The summed E-state index contributed by atoms with van der Waals surface area (Å²) in [7, 11) is 0. The van der Waals surface area contributed by atoms with E-state index in [0.717, 1.165) is 12.8 Å². The number of rotatable bonds is 4. The van der Waals surface area contributed by atoms with E-state index in [0.29, 0.717) is 23.5 Å². The first-order valence-electron chi connectivity index (χ1n) is 7.33. The summed E-state index contributed by atoms with van der Waals surface area (Å²) in [5.74, 6) is 0.437. The zero-order valence-corrected chi connectivity index (χ0v) is 12.2. The first kappa shape index (κ1) is 13.7. The molecule has 1 aromatic heterocycles. The highest BCUT2D eigenvalue weighted by Gasteiger charge is 2.56. The fraction of sp³-hybridized carbons (Fsp3) is 0.733. The molecule has 0 bridgehead atoms. The van der Waals surface area contributed by atoms with Crippen molar-refractivity contribution in [3.63, 3.8) is 0 Å². The van der Waals surface area contributed by atoms with Crippen LogP contribution < -0.4 is 5.32 Å². The molecule has 0 saturated heterocycles. The zero-order chi connectivity index (χ0) is 14.4. The van der Waals surface area contributed by atoms with E-state index in [1.165, 1.54) is 19.3 Å². The number of nitrogens with zero attached hydrogens (tertiary/aromatic N) is 2. The minimum Gasteiger partial charge on any atom is -0.396 e. The standard InChI is InChI=1S/C15H22FN3O/c1-10-12(16)13(19-11(2)18-10)17-8-15(9-20)6-14(7-15)4-3-5-14/h20H,3-9H2,1-2H3,(H,17,18,19). The average Bonchev–Trinajstić information content (AvgIpc) is 2.32. The van der Waals surface area contributed by atoms with Gasteiger partial charge in [0.2, 0.25) is 0 Å². The molecule has 4 nitrogen and oxygen atoms in total. The number of halogens is 1.